The highest BCUT2D eigenvalue weighted by molar-refractivity contribution is 6.82. The number of H-pyrrole nitrogens is 1. The minimum absolute atomic E-state index is 0.230. The zero-order valence-corrected chi connectivity index (χ0v) is 12.6. The molecule has 0 atom stereocenters. The van der Waals surface area contributed by atoms with Crippen molar-refractivity contribution in [2.75, 3.05) is 12.0 Å². The quantitative estimate of drug-likeness (QED) is 0.502. The molecule has 0 aliphatic heterocycles. The molecule has 2 rings (SSSR count). The molecule has 2 N–H and O–H groups in total. The number of aromatic nitrogens is 2. The van der Waals surface area contributed by atoms with Crippen LogP contribution in [0, 0.1) is 0 Å². The maximum absolute atomic E-state index is 11.3. The third-order valence-corrected chi connectivity index (χ3v) is 2.94. The number of carbonyl (C=O) groups excluding carboxylic acids is 1. The average Bonchev–Trinajstić information content (AvgIpc) is 2.94. The van der Waals surface area contributed by atoms with Crippen molar-refractivity contribution in [2.24, 2.45) is 5.10 Å². The van der Waals surface area contributed by atoms with Gasteiger partial charge in [0.2, 0.25) is 5.17 Å². The summed E-state index contributed by atoms with van der Waals surface area (Å²) in [4.78, 5) is 11.3. The number of nitrogens with one attached hydrogen (secondary N) is 2. The zero-order chi connectivity index (χ0) is 15.2. The first-order chi connectivity index (χ1) is 10.1. The molecule has 0 saturated heterocycles. The molecule has 21 heavy (non-hydrogen) atoms. The molecule has 8 heteroatoms. The number of aromatic amines is 1. The molecule has 0 saturated carbocycles. The lowest BCUT2D eigenvalue weighted by Crippen LogP contribution is -2.13. The van der Waals surface area contributed by atoms with Gasteiger partial charge in [-0.25, -0.2) is 4.79 Å². The van der Waals surface area contributed by atoms with E-state index in [-0.39, 0.29) is 11.8 Å². The molecule has 0 amide bonds. The van der Waals surface area contributed by atoms with Gasteiger partial charge in [0.15, 0.2) is 5.82 Å². The highest BCUT2D eigenvalue weighted by Gasteiger charge is 2.09. The second-order valence-electron chi connectivity index (χ2n) is 3.91. The van der Waals surface area contributed by atoms with Crippen molar-refractivity contribution in [3.05, 3.63) is 35.4 Å². The Balaban J connectivity index is 2.05. The molecule has 0 aliphatic carbocycles. The molecule has 0 fully saturated rings. The second-order valence-corrected chi connectivity index (χ2v) is 4.70. The molecule has 0 unspecified atom stereocenters. The van der Waals surface area contributed by atoms with Crippen molar-refractivity contribution in [3.63, 3.8) is 0 Å². The van der Waals surface area contributed by atoms with Crippen LogP contribution in [-0.2, 0) is 9.53 Å². The van der Waals surface area contributed by atoms with E-state index in [0.29, 0.717) is 10.8 Å². The number of nitrogens with zero attached hydrogens (tertiary/aromatic N) is 2. The van der Waals surface area contributed by atoms with Crippen LogP contribution >= 0.6 is 23.2 Å². The van der Waals surface area contributed by atoms with Crippen molar-refractivity contribution < 1.29 is 9.53 Å². The van der Waals surface area contributed by atoms with E-state index in [1.165, 1.54) is 0 Å². The molecule has 0 aliphatic rings. The number of benzene rings is 1. The van der Waals surface area contributed by atoms with Gasteiger partial charge in [-0.3, -0.25) is 10.5 Å². The predicted octanol–water partition coefficient (Wildman–Crippen LogP) is 3.26. The lowest BCUT2D eigenvalue weighted by molar-refractivity contribution is -0.134. The van der Waals surface area contributed by atoms with Crippen molar-refractivity contribution in [1.82, 2.24) is 10.2 Å². The van der Waals surface area contributed by atoms with E-state index in [1.54, 1.807) is 25.1 Å². The van der Waals surface area contributed by atoms with Crippen molar-refractivity contribution >= 4 is 40.2 Å². The number of anilines is 1. The Morgan fingerprint density at radius 2 is 2.14 bits per heavy atom. The lowest BCUT2D eigenvalue weighted by Gasteiger charge is -1.98. The van der Waals surface area contributed by atoms with Crippen molar-refractivity contribution in [1.29, 1.82) is 0 Å². The highest BCUT2D eigenvalue weighted by atomic mass is 35.5. The van der Waals surface area contributed by atoms with Gasteiger partial charge in [-0.15, -0.1) is 0 Å². The van der Waals surface area contributed by atoms with Gasteiger partial charge in [-0.1, -0.05) is 35.3 Å². The monoisotopic (exact) mass is 326 g/mol. The Labute approximate surface area is 131 Å². The van der Waals surface area contributed by atoms with Gasteiger partial charge < -0.3 is 4.74 Å². The van der Waals surface area contributed by atoms with E-state index >= 15 is 0 Å². The van der Waals surface area contributed by atoms with Gasteiger partial charge in [0, 0.05) is 11.1 Å². The molecule has 110 valence electrons. The minimum Gasteiger partial charge on any atom is -0.461 e. The third kappa shape index (κ3) is 4.21. The first kappa shape index (κ1) is 15.3. The maximum Gasteiger partial charge on any atom is 0.370 e. The fourth-order valence-corrected chi connectivity index (χ4v) is 1.72. The molecule has 0 spiro atoms. The summed E-state index contributed by atoms with van der Waals surface area (Å²) < 4.78 is 4.70. The number of rotatable bonds is 5. The molecular weight excluding hydrogens is 315 g/mol. The lowest BCUT2D eigenvalue weighted by atomic mass is 10.1. The molecule has 2 aromatic rings. The number of ether oxygens (including phenoxy) is 1. The van der Waals surface area contributed by atoms with Crippen LogP contribution in [0.4, 0.5) is 5.82 Å². The average molecular weight is 327 g/mol. The van der Waals surface area contributed by atoms with Crippen LogP contribution in [0.25, 0.3) is 11.3 Å². The molecule has 0 radical (unpaired) electrons. The normalized spacial score (nSPS) is 11.3. The van der Waals surface area contributed by atoms with E-state index in [0.717, 1.165) is 11.3 Å². The summed E-state index contributed by atoms with van der Waals surface area (Å²) in [5.41, 5.74) is 4.26. The maximum atomic E-state index is 11.3. The molecule has 0 bridgehead atoms. The van der Waals surface area contributed by atoms with Gasteiger partial charge in [-0.2, -0.15) is 10.2 Å². The Morgan fingerprint density at radius 3 is 2.81 bits per heavy atom. The van der Waals surface area contributed by atoms with Gasteiger partial charge in [0.1, 0.15) is 0 Å². The van der Waals surface area contributed by atoms with Crippen LogP contribution < -0.4 is 5.43 Å². The highest BCUT2D eigenvalue weighted by Crippen LogP contribution is 2.21. The first-order valence-electron chi connectivity index (χ1n) is 6.08. The number of esters is 1. The van der Waals surface area contributed by atoms with Gasteiger partial charge in [0.25, 0.3) is 0 Å². The molecule has 1 heterocycles. The van der Waals surface area contributed by atoms with Crippen molar-refractivity contribution in [3.8, 4) is 11.3 Å². The van der Waals surface area contributed by atoms with Crippen LogP contribution in [0.2, 0.25) is 5.02 Å². The minimum atomic E-state index is -0.694. The van der Waals surface area contributed by atoms with E-state index in [2.05, 4.69) is 20.7 Å². The predicted molar refractivity (Wildman–Crippen MR) is 82.6 cm³/mol. The van der Waals surface area contributed by atoms with Gasteiger partial charge in [-0.05, 0) is 24.6 Å². The Hall–Kier alpha value is -2.05. The van der Waals surface area contributed by atoms with Crippen LogP contribution in [0.15, 0.2) is 35.4 Å². The van der Waals surface area contributed by atoms with E-state index < -0.39 is 5.97 Å². The van der Waals surface area contributed by atoms with Crippen LogP contribution in [0.3, 0.4) is 0 Å². The fourth-order valence-electron chi connectivity index (χ4n) is 1.50. The van der Waals surface area contributed by atoms with Crippen molar-refractivity contribution in [2.45, 2.75) is 6.92 Å². The van der Waals surface area contributed by atoms with Gasteiger partial charge in [0.05, 0.1) is 12.3 Å². The zero-order valence-electron chi connectivity index (χ0n) is 11.1. The number of hydrogen-bond donors (Lipinski definition) is 2. The summed E-state index contributed by atoms with van der Waals surface area (Å²) in [6.07, 6.45) is 0. The number of hydrogen-bond acceptors (Lipinski definition) is 5. The Morgan fingerprint density at radius 1 is 1.43 bits per heavy atom. The Bertz CT molecular complexity index is 652. The summed E-state index contributed by atoms with van der Waals surface area (Å²) >= 11 is 11.5. The molecule has 1 aromatic heterocycles. The summed E-state index contributed by atoms with van der Waals surface area (Å²) in [5.74, 6) is -0.275. The summed E-state index contributed by atoms with van der Waals surface area (Å²) in [6, 6.07) is 8.99. The second kappa shape index (κ2) is 7.10. The SMILES string of the molecule is CCOC(=O)/C(Cl)=N/Nc1cc(-c2ccc(Cl)cc2)[nH]n1. The number of halogens is 2. The number of hydrazone groups is 1. The van der Waals surface area contributed by atoms with Gasteiger partial charge >= 0.3 is 5.97 Å². The third-order valence-electron chi connectivity index (χ3n) is 2.45. The topological polar surface area (TPSA) is 79.4 Å². The fraction of sp³-hybridized carbons (Fsp3) is 0.154. The van der Waals surface area contributed by atoms with E-state index in [9.17, 15) is 4.79 Å². The number of carbonyl (C=O) groups is 1. The smallest absolute Gasteiger partial charge is 0.370 e. The van der Waals surface area contributed by atoms with E-state index in [1.807, 2.05) is 12.1 Å². The summed E-state index contributed by atoms with van der Waals surface area (Å²) in [5, 5.41) is 10.9. The molecular formula is C13H12Cl2N4O2. The largest absolute Gasteiger partial charge is 0.461 e. The first-order valence-corrected chi connectivity index (χ1v) is 6.83. The van der Waals surface area contributed by atoms with Crippen LogP contribution in [0.1, 0.15) is 6.92 Å². The standard InChI is InChI=1S/C13H12Cl2N4O2/c1-2-21-13(20)12(15)19-18-11-7-10(16-17-11)8-3-5-9(14)6-4-8/h3-7H,2H2,1H3,(H2,16,17,18)/b19-12-. The Kier molecular flexibility index (Phi) is 5.19. The van der Waals surface area contributed by atoms with Crippen LogP contribution in [0.5, 0.6) is 0 Å². The van der Waals surface area contributed by atoms with E-state index in [4.69, 9.17) is 27.9 Å². The molecule has 6 nitrogen and oxygen atoms in total. The van der Waals surface area contributed by atoms with Crippen LogP contribution in [-0.4, -0.2) is 27.9 Å². The summed E-state index contributed by atoms with van der Waals surface area (Å²) in [7, 11) is 0. The molecule has 1 aromatic carbocycles. The summed E-state index contributed by atoms with van der Waals surface area (Å²) in [6.45, 7) is 1.91.